The number of carbonyl (C=O) groups excluding carboxylic acids is 1. The summed E-state index contributed by atoms with van der Waals surface area (Å²) in [6.07, 6.45) is 3.42. The number of carboxylic acid groups (broad SMARTS) is 1. The molecule has 0 radical (unpaired) electrons. The Bertz CT molecular complexity index is 453. The molecule has 1 amide bonds. The van der Waals surface area contributed by atoms with E-state index in [2.05, 4.69) is 0 Å². The van der Waals surface area contributed by atoms with Gasteiger partial charge in [-0.2, -0.15) is 0 Å². The van der Waals surface area contributed by atoms with Crippen LogP contribution in [0.25, 0.3) is 0 Å². The highest BCUT2D eigenvalue weighted by Gasteiger charge is 2.47. The fraction of sp³-hybridized carbons (Fsp3) is 0.833. The second-order valence-corrected chi connectivity index (χ2v) is 7.70. The molecule has 0 aliphatic heterocycles. The molecule has 0 saturated heterocycles. The summed E-state index contributed by atoms with van der Waals surface area (Å²) in [5.41, 5.74) is -0.369. The second-order valence-electron chi connectivity index (χ2n) is 5.56. The summed E-state index contributed by atoms with van der Waals surface area (Å²) in [6.45, 7) is 0.389. The van der Waals surface area contributed by atoms with Crippen LogP contribution in [0, 0.1) is 5.41 Å². The summed E-state index contributed by atoms with van der Waals surface area (Å²) in [6, 6.07) is 0. The normalized spacial score (nSPS) is 16.9. The molecular formula is C12H21NO5S. The van der Waals surface area contributed by atoms with Gasteiger partial charge in [-0.1, -0.05) is 0 Å². The van der Waals surface area contributed by atoms with Crippen molar-refractivity contribution in [3.8, 4) is 0 Å². The van der Waals surface area contributed by atoms with Crippen LogP contribution in [-0.4, -0.2) is 55.9 Å². The maximum Gasteiger partial charge on any atom is 0.303 e. The van der Waals surface area contributed by atoms with Gasteiger partial charge in [0.2, 0.25) is 5.91 Å². The van der Waals surface area contributed by atoms with Gasteiger partial charge >= 0.3 is 5.97 Å². The first-order chi connectivity index (χ1) is 8.64. The first-order valence-corrected chi connectivity index (χ1v) is 8.33. The van der Waals surface area contributed by atoms with E-state index < -0.39 is 15.8 Å². The van der Waals surface area contributed by atoms with Crippen molar-refractivity contribution in [1.29, 1.82) is 0 Å². The average Bonchev–Trinajstić information content (AvgIpc) is 2.93. The molecule has 110 valence electrons. The van der Waals surface area contributed by atoms with Crippen LogP contribution in [0.2, 0.25) is 0 Å². The predicted octanol–water partition coefficient (Wildman–Crippen LogP) is 0.524. The Morgan fingerprint density at radius 3 is 2.32 bits per heavy atom. The maximum absolute atomic E-state index is 11.9. The molecule has 1 fully saturated rings. The third kappa shape index (κ3) is 6.04. The van der Waals surface area contributed by atoms with Crippen LogP contribution in [-0.2, 0) is 19.4 Å². The lowest BCUT2D eigenvalue weighted by Crippen LogP contribution is -2.31. The molecule has 0 aromatic heterocycles. The van der Waals surface area contributed by atoms with Crippen LogP contribution in [0.15, 0.2) is 0 Å². The molecule has 0 spiro atoms. The van der Waals surface area contributed by atoms with Gasteiger partial charge in [-0.3, -0.25) is 9.59 Å². The van der Waals surface area contributed by atoms with Gasteiger partial charge in [0.25, 0.3) is 0 Å². The lowest BCUT2D eigenvalue weighted by atomic mass is 10.0. The molecule has 0 atom stereocenters. The molecule has 0 aromatic rings. The zero-order valence-electron chi connectivity index (χ0n) is 11.4. The Morgan fingerprint density at radius 2 is 1.89 bits per heavy atom. The molecule has 0 unspecified atom stereocenters. The second kappa shape index (κ2) is 5.90. The van der Waals surface area contributed by atoms with Crippen molar-refractivity contribution < 1.29 is 23.1 Å². The van der Waals surface area contributed by atoms with Crippen molar-refractivity contribution in [3.63, 3.8) is 0 Å². The number of aliphatic carboxylic acids is 1. The van der Waals surface area contributed by atoms with Crippen molar-refractivity contribution in [3.05, 3.63) is 0 Å². The van der Waals surface area contributed by atoms with Gasteiger partial charge in [-0.05, 0) is 24.7 Å². The summed E-state index contributed by atoms with van der Waals surface area (Å²) in [7, 11) is -1.44. The Balaban J connectivity index is 2.40. The summed E-state index contributed by atoms with van der Waals surface area (Å²) in [5.74, 6) is -0.919. The highest BCUT2D eigenvalue weighted by Crippen LogP contribution is 2.50. The third-order valence-electron chi connectivity index (χ3n) is 3.36. The summed E-state index contributed by atoms with van der Waals surface area (Å²) < 4.78 is 22.6. The lowest BCUT2D eigenvalue weighted by molar-refractivity contribution is -0.138. The molecule has 1 saturated carbocycles. The maximum atomic E-state index is 11.9. The van der Waals surface area contributed by atoms with E-state index in [1.54, 1.807) is 7.05 Å². The summed E-state index contributed by atoms with van der Waals surface area (Å²) >= 11 is 0. The fourth-order valence-electron chi connectivity index (χ4n) is 2.15. The minimum Gasteiger partial charge on any atom is -0.481 e. The van der Waals surface area contributed by atoms with Crippen LogP contribution in [0.1, 0.15) is 32.1 Å². The van der Waals surface area contributed by atoms with Gasteiger partial charge in [-0.15, -0.1) is 0 Å². The predicted molar refractivity (Wildman–Crippen MR) is 70.5 cm³/mol. The van der Waals surface area contributed by atoms with E-state index in [9.17, 15) is 18.0 Å². The summed E-state index contributed by atoms with van der Waals surface area (Å²) in [5, 5.41) is 8.52. The van der Waals surface area contributed by atoms with E-state index >= 15 is 0 Å². The number of carbonyl (C=O) groups is 2. The van der Waals surface area contributed by atoms with E-state index in [0.29, 0.717) is 13.0 Å². The van der Waals surface area contributed by atoms with Crippen molar-refractivity contribution in [2.45, 2.75) is 32.1 Å². The minimum absolute atomic E-state index is 0.0338. The molecule has 1 aliphatic rings. The van der Waals surface area contributed by atoms with Crippen LogP contribution < -0.4 is 0 Å². The number of amides is 1. The highest BCUT2D eigenvalue weighted by molar-refractivity contribution is 7.90. The van der Waals surface area contributed by atoms with Crippen molar-refractivity contribution in [2.24, 2.45) is 5.41 Å². The van der Waals surface area contributed by atoms with E-state index in [4.69, 9.17) is 5.11 Å². The Kier molecular flexibility index (Phi) is 4.95. The Hall–Kier alpha value is -1.11. The van der Waals surface area contributed by atoms with Gasteiger partial charge in [0.15, 0.2) is 0 Å². The average molecular weight is 291 g/mol. The van der Waals surface area contributed by atoms with Crippen molar-refractivity contribution in [1.82, 2.24) is 4.90 Å². The Morgan fingerprint density at radius 1 is 1.32 bits per heavy atom. The van der Waals surface area contributed by atoms with Gasteiger partial charge in [0, 0.05) is 32.7 Å². The standard InChI is InChI=1S/C12H21NO5S/c1-13(7-3-4-11(15)16)10(14)8-12(5-6-12)9-19(2,17)18/h3-9H2,1-2H3,(H,15,16). The van der Waals surface area contributed by atoms with Crippen LogP contribution in [0.4, 0.5) is 0 Å². The van der Waals surface area contributed by atoms with E-state index in [1.807, 2.05) is 0 Å². The number of carboxylic acids is 1. The molecule has 7 heteroatoms. The van der Waals surface area contributed by atoms with Crippen molar-refractivity contribution in [2.75, 3.05) is 25.6 Å². The monoisotopic (exact) mass is 291 g/mol. The SMILES string of the molecule is CN(CCCC(=O)O)C(=O)CC1(CS(C)(=O)=O)CC1. The zero-order chi connectivity index (χ0) is 14.7. The molecular weight excluding hydrogens is 270 g/mol. The highest BCUT2D eigenvalue weighted by atomic mass is 32.2. The lowest BCUT2D eigenvalue weighted by Gasteiger charge is -2.20. The van der Waals surface area contributed by atoms with Gasteiger partial charge in [0.1, 0.15) is 9.84 Å². The number of sulfone groups is 1. The number of hydrogen-bond acceptors (Lipinski definition) is 4. The zero-order valence-corrected chi connectivity index (χ0v) is 12.2. The minimum atomic E-state index is -3.07. The smallest absolute Gasteiger partial charge is 0.303 e. The first kappa shape index (κ1) is 15.9. The largest absolute Gasteiger partial charge is 0.481 e. The van der Waals surface area contributed by atoms with Crippen molar-refractivity contribution >= 4 is 21.7 Å². The summed E-state index contributed by atoms with van der Waals surface area (Å²) in [4.78, 5) is 23.8. The quantitative estimate of drug-likeness (QED) is 0.704. The number of nitrogens with zero attached hydrogens (tertiary/aromatic N) is 1. The van der Waals surface area contributed by atoms with E-state index in [0.717, 1.165) is 12.8 Å². The van der Waals surface area contributed by atoms with E-state index in [-0.39, 0.29) is 29.9 Å². The van der Waals surface area contributed by atoms with Crippen LogP contribution >= 0.6 is 0 Å². The topological polar surface area (TPSA) is 91.8 Å². The number of hydrogen-bond donors (Lipinski definition) is 1. The number of rotatable bonds is 8. The van der Waals surface area contributed by atoms with E-state index in [1.165, 1.54) is 11.2 Å². The molecule has 1 rings (SSSR count). The molecule has 1 aliphatic carbocycles. The van der Waals surface area contributed by atoms with Gasteiger partial charge in [-0.25, -0.2) is 8.42 Å². The Labute approximate surface area is 113 Å². The molecule has 1 N–H and O–H groups in total. The molecule has 6 nitrogen and oxygen atoms in total. The fourth-order valence-corrected chi connectivity index (χ4v) is 3.66. The third-order valence-corrected chi connectivity index (χ3v) is 4.50. The van der Waals surface area contributed by atoms with Gasteiger partial charge < -0.3 is 10.0 Å². The molecule has 0 heterocycles. The van der Waals surface area contributed by atoms with Crippen LogP contribution in [0.3, 0.4) is 0 Å². The van der Waals surface area contributed by atoms with Crippen LogP contribution in [0.5, 0.6) is 0 Å². The first-order valence-electron chi connectivity index (χ1n) is 6.27. The molecule has 0 aromatic carbocycles. The molecule has 19 heavy (non-hydrogen) atoms. The van der Waals surface area contributed by atoms with Gasteiger partial charge in [0.05, 0.1) is 5.75 Å². The molecule has 0 bridgehead atoms.